The number of aryl methyl sites for hydroxylation is 1. The van der Waals surface area contributed by atoms with E-state index in [1.54, 1.807) is 12.1 Å². The van der Waals surface area contributed by atoms with Crippen molar-refractivity contribution in [1.82, 2.24) is 15.2 Å². The van der Waals surface area contributed by atoms with Gasteiger partial charge in [0.25, 0.3) is 0 Å². The number of aromatic nitrogens is 1. The van der Waals surface area contributed by atoms with Crippen LogP contribution in [0, 0.1) is 11.3 Å². The van der Waals surface area contributed by atoms with Gasteiger partial charge in [-0.05, 0) is 38.0 Å². The monoisotopic (exact) mass is 451 g/mol. The van der Waals surface area contributed by atoms with E-state index in [9.17, 15) is 14.9 Å². The van der Waals surface area contributed by atoms with Crippen LogP contribution in [0.15, 0.2) is 22.8 Å². The number of piperazine rings is 1. The van der Waals surface area contributed by atoms with E-state index in [2.05, 4.69) is 18.3 Å². The highest BCUT2D eigenvalue weighted by Gasteiger charge is 2.34. The molecule has 33 heavy (non-hydrogen) atoms. The number of fused-ring (bicyclic) bond motifs is 1. The average Bonchev–Trinajstić information content (AvgIpc) is 3.34. The number of hydrogen-bond acceptors (Lipinski definition) is 7. The van der Waals surface area contributed by atoms with Gasteiger partial charge in [0, 0.05) is 43.9 Å². The number of ether oxygens (including phenoxy) is 1. The van der Waals surface area contributed by atoms with Crippen LogP contribution in [0.3, 0.4) is 0 Å². The number of furan rings is 1. The van der Waals surface area contributed by atoms with Crippen LogP contribution in [0.5, 0.6) is 0 Å². The molecular formula is C24H29N5O4. The molecule has 0 radical (unpaired) electrons. The molecule has 0 aromatic carbocycles. The Bertz CT molecular complexity index is 1080. The number of nitrogens with zero attached hydrogens (tertiary/aromatic N) is 4. The topological polar surface area (TPSA) is 112 Å². The van der Waals surface area contributed by atoms with Gasteiger partial charge in [-0.2, -0.15) is 5.26 Å². The Hall–Kier alpha value is -3.38. The fourth-order valence-electron chi connectivity index (χ4n) is 4.38. The summed E-state index contributed by atoms with van der Waals surface area (Å²) < 4.78 is 11.2. The Morgan fingerprint density at radius 2 is 2.00 bits per heavy atom. The molecule has 0 aliphatic carbocycles. The van der Waals surface area contributed by atoms with Crippen LogP contribution in [0.25, 0.3) is 0 Å². The van der Waals surface area contributed by atoms with Gasteiger partial charge in [0.1, 0.15) is 17.6 Å². The second-order valence-corrected chi connectivity index (χ2v) is 8.95. The minimum Gasteiger partial charge on any atom is -0.467 e. The number of nitrogens with one attached hydrogen (secondary N) is 1. The van der Waals surface area contributed by atoms with Crippen LogP contribution in [0.1, 0.15) is 48.9 Å². The molecule has 9 heteroatoms. The Kier molecular flexibility index (Phi) is 6.38. The van der Waals surface area contributed by atoms with Crippen LogP contribution < -0.4 is 10.2 Å². The van der Waals surface area contributed by atoms with E-state index in [0.717, 1.165) is 23.2 Å². The van der Waals surface area contributed by atoms with E-state index in [1.165, 1.54) is 11.2 Å². The molecule has 0 saturated carbocycles. The van der Waals surface area contributed by atoms with Gasteiger partial charge in [-0.25, -0.2) is 4.98 Å². The SMILES string of the molecule is CCc1nc(N2CCN(C(=O)C(=O)NCc3ccco3)CC2)c(C#N)c2c1COC(C)(C)C2. The lowest BCUT2D eigenvalue weighted by atomic mass is 9.87. The summed E-state index contributed by atoms with van der Waals surface area (Å²) in [6, 6.07) is 5.84. The Balaban J connectivity index is 1.47. The van der Waals surface area contributed by atoms with E-state index in [4.69, 9.17) is 14.1 Å². The summed E-state index contributed by atoms with van der Waals surface area (Å²) >= 11 is 0. The molecule has 1 saturated heterocycles. The van der Waals surface area contributed by atoms with Gasteiger partial charge < -0.3 is 24.3 Å². The summed E-state index contributed by atoms with van der Waals surface area (Å²) in [6.07, 6.45) is 2.92. The van der Waals surface area contributed by atoms with Crippen LogP contribution >= 0.6 is 0 Å². The molecule has 1 fully saturated rings. The number of carbonyl (C=O) groups is 2. The Morgan fingerprint density at radius 1 is 1.24 bits per heavy atom. The zero-order valence-electron chi connectivity index (χ0n) is 19.3. The molecule has 0 spiro atoms. The lowest BCUT2D eigenvalue weighted by molar-refractivity contribution is -0.146. The number of amides is 2. The molecule has 2 aliphatic rings. The van der Waals surface area contributed by atoms with Crippen LogP contribution in [0.2, 0.25) is 0 Å². The molecular weight excluding hydrogens is 422 g/mol. The number of hydrogen-bond donors (Lipinski definition) is 1. The van der Waals surface area contributed by atoms with E-state index in [0.29, 0.717) is 56.3 Å². The third-order valence-corrected chi connectivity index (χ3v) is 6.20. The average molecular weight is 452 g/mol. The van der Waals surface area contributed by atoms with E-state index < -0.39 is 11.8 Å². The van der Waals surface area contributed by atoms with Gasteiger partial charge in [-0.1, -0.05) is 6.92 Å². The molecule has 2 aromatic rings. The smallest absolute Gasteiger partial charge is 0.312 e. The summed E-state index contributed by atoms with van der Waals surface area (Å²) in [6.45, 7) is 8.51. The molecule has 0 atom stereocenters. The minimum atomic E-state index is -0.653. The number of pyridine rings is 1. The first-order valence-electron chi connectivity index (χ1n) is 11.3. The quantitative estimate of drug-likeness (QED) is 0.707. The summed E-state index contributed by atoms with van der Waals surface area (Å²) in [5.74, 6) is 0.0391. The van der Waals surface area contributed by atoms with Crippen molar-refractivity contribution in [3.63, 3.8) is 0 Å². The zero-order chi connectivity index (χ0) is 23.6. The summed E-state index contributed by atoms with van der Waals surface area (Å²) in [5, 5.41) is 12.6. The van der Waals surface area contributed by atoms with Crippen molar-refractivity contribution in [2.24, 2.45) is 0 Å². The lowest BCUT2D eigenvalue weighted by Gasteiger charge is -2.38. The maximum absolute atomic E-state index is 12.6. The molecule has 0 unspecified atom stereocenters. The fourth-order valence-corrected chi connectivity index (χ4v) is 4.38. The first-order chi connectivity index (χ1) is 15.8. The van der Waals surface area contributed by atoms with Crippen LogP contribution in [-0.2, 0) is 40.3 Å². The third-order valence-electron chi connectivity index (χ3n) is 6.20. The zero-order valence-corrected chi connectivity index (χ0v) is 19.3. The van der Waals surface area contributed by atoms with Gasteiger partial charge in [0.2, 0.25) is 0 Å². The van der Waals surface area contributed by atoms with Crippen molar-refractivity contribution < 1.29 is 18.7 Å². The fraction of sp³-hybridized carbons (Fsp3) is 0.500. The molecule has 2 aromatic heterocycles. The second-order valence-electron chi connectivity index (χ2n) is 8.95. The maximum atomic E-state index is 12.6. The van der Waals surface area contributed by atoms with Crippen molar-refractivity contribution in [1.29, 1.82) is 5.26 Å². The second kappa shape index (κ2) is 9.24. The molecule has 1 N–H and O–H groups in total. The highest BCUT2D eigenvalue weighted by Crippen LogP contribution is 2.35. The lowest BCUT2D eigenvalue weighted by Crippen LogP contribution is -2.53. The van der Waals surface area contributed by atoms with Crippen molar-refractivity contribution in [3.8, 4) is 6.07 Å². The predicted molar refractivity (Wildman–Crippen MR) is 120 cm³/mol. The molecule has 2 aliphatic heterocycles. The van der Waals surface area contributed by atoms with Crippen LogP contribution in [-0.4, -0.2) is 53.5 Å². The van der Waals surface area contributed by atoms with Crippen LogP contribution in [0.4, 0.5) is 5.82 Å². The number of anilines is 1. The first-order valence-corrected chi connectivity index (χ1v) is 11.3. The van der Waals surface area contributed by atoms with Gasteiger partial charge in [-0.15, -0.1) is 0 Å². The van der Waals surface area contributed by atoms with Crippen molar-refractivity contribution in [3.05, 3.63) is 46.5 Å². The summed E-state index contributed by atoms with van der Waals surface area (Å²) in [4.78, 5) is 33.3. The summed E-state index contributed by atoms with van der Waals surface area (Å²) in [7, 11) is 0. The molecule has 9 nitrogen and oxygen atoms in total. The Labute approximate surface area is 193 Å². The van der Waals surface area contributed by atoms with Gasteiger partial charge in [-0.3, -0.25) is 9.59 Å². The first kappa shape index (κ1) is 22.8. The molecule has 174 valence electrons. The van der Waals surface area contributed by atoms with E-state index >= 15 is 0 Å². The maximum Gasteiger partial charge on any atom is 0.312 e. The number of nitriles is 1. The van der Waals surface area contributed by atoms with E-state index in [1.807, 2.05) is 18.7 Å². The largest absolute Gasteiger partial charge is 0.467 e. The van der Waals surface area contributed by atoms with Gasteiger partial charge in [0.05, 0.1) is 30.6 Å². The predicted octanol–water partition coefficient (Wildman–Crippen LogP) is 1.92. The highest BCUT2D eigenvalue weighted by molar-refractivity contribution is 6.35. The number of carbonyl (C=O) groups excluding carboxylic acids is 2. The molecule has 4 rings (SSSR count). The molecule has 0 bridgehead atoms. The minimum absolute atomic E-state index is 0.169. The van der Waals surface area contributed by atoms with Crippen molar-refractivity contribution in [2.75, 3.05) is 31.1 Å². The van der Waals surface area contributed by atoms with Crippen molar-refractivity contribution >= 4 is 17.6 Å². The van der Waals surface area contributed by atoms with Gasteiger partial charge >= 0.3 is 11.8 Å². The normalized spacial score (nSPS) is 17.3. The van der Waals surface area contributed by atoms with E-state index in [-0.39, 0.29) is 12.1 Å². The number of rotatable bonds is 4. The highest BCUT2D eigenvalue weighted by atomic mass is 16.5. The standard InChI is InChI=1S/C24H29N5O4/c1-4-20-19-15-33-24(2,3)12-17(19)18(13-25)21(27-20)28-7-9-29(10-8-28)23(31)22(30)26-14-16-6-5-11-32-16/h5-6,11H,4,7-10,12,14-15H2,1-3H3,(H,26,30). The van der Waals surface area contributed by atoms with Crippen molar-refractivity contribution in [2.45, 2.75) is 52.4 Å². The Morgan fingerprint density at radius 3 is 2.64 bits per heavy atom. The molecule has 4 heterocycles. The van der Waals surface area contributed by atoms with Gasteiger partial charge in [0.15, 0.2) is 0 Å². The molecule has 2 amide bonds. The summed E-state index contributed by atoms with van der Waals surface area (Å²) in [5.41, 5.74) is 3.25. The third kappa shape index (κ3) is 4.71.